The monoisotopic (exact) mass is 218 g/mol. The highest BCUT2D eigenvalue weighted by Crippen LogP contribution is 2.76. The van der Waals surface area contributed by atoms with Gasteiger partial charge < -0.3 is 0 Å². The highest BCUT2D eigenvalue weighted by atomic mass is 32.3. The molecule has 0 atom stereocenters. The van der Waals surface area contributed by atoms with Crippen molar-refractivity contribution >= 4 is 10.6 Å². The Morgan fingerprint density at radius 1 is 0.600 bits per heavy atom. The van der Waals surface area contributed by atoms with Gasteiger partial charge in [0.05, 0.1) is 9.79 Å². The molecule has 1 aliphatic heterocycles. The molecule has 2 aromatic rings. The van der Waals surface area contributed by atoms with Crippen LogP contribution in [-0.4, -0.2) is 0 Å². The average Bonchev–Trinajstić information content (AvgIpc) is 3.13. The maximum Gasteiger partial charge on any atom is 0.0702 e. The third kappa shape index (κ3) is 1.45. The van der Waals surface area contributed by atoms with Crippen molar-refractivity contribution in [2.75, 3.05) is 0 Å². The molecule has 76 valence electrons. The molecule has 1 saturated heterocycles. The lowest BCUT2D eigenvalue weighted by atomic mass is 10.4. The van der Waals surface area contributed by atoms with E-state index in [2.05, 4.69) is 0 Å². The first-order valence-electron chi connectivity index (χ1n) is 4.73. The summed E-state index contributed by atoms with van der Waals surface area (Å²) in [5.74, 6) is 0. The highest BCUT2D eigenvalue weighted by molar-refractivity contribution is 8.29. The van der Waals surface area contributed by atoms with Crippen LogP contribution in [-0.2, 0) is 8.67 Å². The summed E-state index contributed by atoms with van der Waals surface area (Å²) in [6, 6.07) is 20.1. The van der Waals surface area contributed by atoms with E-state index in [-0.39, 0.29) is 0 Å². The quantitative estimate of drug-likeness (QED) is 0.567. The number of benzene rings is 2. The van der Waals surface area contributed by atoms with Crippen LogP contribution in [0.5, 0.6) is 0 Å². The molecule has 15 heavy (non-hydrogen) atoms. The van der Waals surface area contributed by atoms with Crippen LogP contribution in [0.25, 0.3) is 0 Å². The Morgan fingerprint density at radius 2 is 1.00 bits per heavy atom. The predicted molar refractivity (Wildman–Crippen MR) is 59.2 cm³/mol. The Kier molecular flexibility index (Phi) is 2.02. The van der Waals surface area contributed by atoms with Crippen molar-refractivity contribution in [2.24, 2.45) is 0 Å². The maximum atomic E-state index is 5.25. The third-order valence-corrected chi connectivity index (χ3v) is 4.50. The Morgan fingerprint density at radius 3 is 1.33 bits per heavy atom. The van der Waals surface area contributed by atoms with Gasteiger partial charge in [0.2, 0.25) is 0 Å². The van der Waals surface area contributed by atoms with E-state index in [0.29, 0.717) is 0 Å². The normalized spacial score (nSPS) is 19.5. The first kappa shape index (κ1) is 8.97. The van der Waals surface area contributed by atoms with Gasteiger partial charge in [-0.25, -0.2) is 0 Å². The third-order valence-electron chi connectivity index (χ3n) is 2.31. The van der Waals surface area contributed by atoms with Gasteiger partial charge in [0.25, 0.3) is 0 Å². The van der Waals surface area contributed by atoms with Gasteiger partial charge in [0.15, 0.2) is 0 Å². The molecule has 0 N–H and O–H groups in total. The van der Waals surface area contributed by atoms with Gasteiger partial charge in [-0.05, 0) is 24.3 Å². The molecule has 3 rings (SSSR count). The second kappa shape index (κ2) is 3.38. The number of hydrogen-bond acceptors (Lipinski definition) is 2. The largest absolute Gasteiger partial charge is 0.0901 e. The summed E-state index contributed by atoms with van der Waals surface area (Å²) in [7, 11) is -1.59. The van der Waals surface area contributed by atoms with Crippen LogP contribution >= 0.6 is 10.6 Å². The first-order valence-corrected chi connectivity index (χ1v) is 6.21. The van der Waals surface area contributed by atoms with Crippen LogP contribution < -0.4 is 0 Å². The lowest BCUT2D eigenvalue weighted by Crippen LogP contribution is -1.84. The predicted octanol–water partition coefficient (Wildman–Crippen LogP) is 3.70. The fraction of sp³-hybridized carbons (Fsp3) is 0. The van der Waals surface area contributed by atoms with Crippen molar-refractivity contribution in [1.29, 1.82) is 0 Å². The molecule has 3 heteroatoms. The van der Waals surface area contributed by atoms with Crippen molar-refractivity contribution in [3.05, 3.63) is 60.7 Å². The number of rotatable bonds is 2. The van der Waals surface area contributed by atoms with Crippen molar-refractivity contribution in [3.63, 3.8) is 0 Å². The first-order chi connectivity index (χ1) is 7.42. The molecule has 1 aliphatic rings. The molecular formula is C12H10O2S. The lowest BCUT2D eigenvalue weighted by molar-refractivity contribution is 0.0850. The van der Waals surface area contributed by atoms with Crippen LogP contribution in [0.1, 0.15) is 0 Å². The molecule has 0 saturated carbocycles. The highest BCUT2D eigenvalue weighted by Gasteiger charge is 2.42. The van der Waals surface area contributed by atoms with Crippen molar-refractivity contribution in [2.45, 2.75) is 9.79 Å². The Balaban J connectivity index is 2.06. The fourth-order valence-corrected chi connectivity index (χ4v) is 3.36. The molecular weight excluding hydrogens is 208 g/mol. The van der Waals surface area contributed by atoms with Crippen LogP contribution in [0.4, 0.5) is 0 Å². The fourth-order valence-electron chi connectivity index (χ4n) is 1.52. The van der Waals surface area contributed by atoms with E-state index in [9.17, 15) is 0 Å². The van der Waals surface area contributed by atoms with Gasteiger partial charge in [0.1, 0.15) is 0 Å². The number of hydrogen-bond donors (Lipinski definition) is 0. The minimum atomic E-state index is -1.59. The Bertz CT molecular complexity index is 410. The second-order valence-electron chi connectivity index (χ2n) is 3.27. The van der Waals surface area contributed by atoms with E-state index >= 15 is 0 Å². The van der Waals surface area contributed by atoms with Gasteiger partial charge in [-0.15, -0.1) is 0 Å². The zero-order valence-electron chi connectivity index (χ0n) is 8.00. The van der Waals surface area contributed by atoms with Crippen molar-refractivity contribution in [1.82, 2.24) is 0 Å². The van der Waals surface area contributed by atoms with E-state index in [1.54, 1.807) is 0 Å². The molecule has 2 aromatic carbocycles. The molecule has 0 radical (unpaired) electrons. The summed E-state index contributed by atoms with van der Waals surface area (Å²) in [6.45, 7) is 0. The Hall–Kier alpha value is -1.29. The maximum absolute atomic E-state index is 5.25. The Labute approximate surface area is 90.1 Å². The van der Waals surface area contributed by atoms with Gasteiger partial charge in [-0.1, -0.05) is 55.7 Å². The molecule has 1 heterocycles. The van der Waals surface area contributed by atoms with Gasteiger partial charge in [0, 0.05) is 0 Å². The van der Waals surface area contributed by atoms with Crippen molar-refractivity contribution in [3.8, 4) is 0 Å². The lowest BCUT2D eigenvalue weighted by Gasteiger charge is -2.15. The summed E-state index contributed by atoms with van der Waals surface area (Å²) >= 11 is 0. The average molecular weight is 218 g/mol. The topological polar surface area (TPSA) is 25.1 Å². The molecule has 0 spiro atoms. The van der Waals surface area contributed by atoms with Gasteiger partial charge in [-0.2, -0.15) is 0 Å². The van der Waals surface area contributed by atoms with Crippen LogP contribution in [0.2, 0.25) is 0 Å². The minimum Gasteiger partial charge on any atom is -0.0901 e. The minimum absolute atomic E-state index is 1.11. The molecule has 2 nitrogen and oxygen atoms in total. The molecule has 0 unspecified atom stereocenters. The zero-order valence-corrected chi connectivity index (χ0v) is 8.81. The standard InChI is InChI=1S/C12H10O2S/c1-3-7-11(8-4-1)15(13-14-15)12-9-5-2-6-10-12/h1-10H. The molecule has 0 bridgehead atoms. The zero-order chi connectivity index (χ0) is 10.1. The summed E-state index contributed by atoms with van der Waals surface area (Å²) in [4.78, 5) is 2.22. The summed E-state index contributed by atoms with van der Waals surface area (Å²) in [5, 5.41) is 0. The van der Waals surface area contributed by atoms with Gasteiger partial charge >= 0.3 is 0 Å². The van der Waals surface area contributed by atoms with E-state index < -0.39 is 10.6 Å². The van der Waals surface area contributed by atoms with E-state index in [4.69, 9.17) is 8.67 Å². The smallest absolute Gasteiger partial charge is 0.0702 e. The van der Waals surface area contributed by atoms with Crippen molar-refractivity contribution < 1.29 is 8.67 Å². The second-order valence-corrected chi connectivity index (χ2v) is 5.49. The molecule has 0 aliphatic carbocycles. The van der Waals surface area contributed by atoms with E-state index in [0.717, 1.165) is 9.79 Å². The van der Waals surface area contributed by atoms with Crippen LogP contribution in [0, 0.1) is 0 Å². The van der Waals surface area contributed by atoms with Gasteiger partial charge in [-0.3, -0.25) is 0 Å². The summed E-state index contributed by atoms with van der Waals surface area (Å²) in [5.41, 5.74) is 0. The van der Waals surface area contributed by atoms with Crippen LogP contribution in [0.3, 0.4) is 0 Å². The SMILES string of the molecule is c1ccc(S2(c3ccccc3)OO2)cc1. The molecule has 0 amide bonds. The summed E-state index contributed by atoms with van der Waals surface area (Å²) in [6.07, 6.45) is 0. The molecule has 1 fully saturated rings. The molecule has 0 aromatic heterocycles. The van der Waals surface area contributed by atoms with E-state index in [1.165, 1.54) is 0 Å². The van der Waals surface area contributed by atoms with E-state index in [1.807, 2.05) is 60.7 Å². The van der Waals surface area contributed by atoms with Crippen LogP contribution in [0.15, 0.2) is 70.5 Å². The summed E-state index contributed by atoms with van der Waals surface area (Å²) < 4.78 is 10.5.